The van der Waals surface area contributed by atoms with Crippen molar-refractivity contribution in [2.75, 3.05) is 46.5 Å². The van der Waals surface area contributed by atoms with Crippen LogP contribution in [-0.4, -0.2) is 75.1 Å². The Morgan fingerprint density at radius 1 is 1.23 bits per heavy atom. The van der Waals surface area contributed by atoms with Gasteiger partial charge in [-0.3, -0.25) is 4.79 Å². The Balaban J connectivity index is 1.99. The SMILES string of the molecule is COCCN(CCO)C(=O)C1CCN(S(=O)(=O)c2ccc(C)cc2)CC1. The standard InChI is InChI=1S/C18H28N2O5S/c1-15-3-5-17(6-4-15)26(23,24)20-9-7-16(8-10-20)18(22)19(11-13-21)12-14-25-2/h3-6,16,21H,7-14H2,1-2H3. The molecule has 8 heteroatoms. The van der Waals surface area contributed by atoms with Gasteiger partial charge in [-0.2, -0.15) is 4.31 Å². The van der Waals surface area contributed by atoms with E-state index in [9.17, 15) is 13.2 Å². The molecule has 1 heterocycles. The van der Waals surface area contributed by atoms with Gasteiger partial charge in [-0.25, -0.2) is 8.42 Å². The van der Waals surface area contributed by atoms with E-state index in [4.69, 9.17) is 9.84 Å². The van der Waals surface area contributed by atoms with Crippen LogP contribution in [0.4, 0.5) is 0 Å². The number of rotatable bonds is 8. The highest BCUT2D eigenvalue weighted by Gasteiger charge is 2.33. The lowest BCUT2D eigenvalue weighted by atomic mass is 9.96. The normalized spacial score (nSPS) is 16.6. The number of hydrogen-bond acceptors (Lipinski definition) is 5. The summed E-state index contributed by atoms with van der Waals surface area (Å²) in [6.07, 6.45) is 0.970. The van der Waals surface area contributed by atoms with E-state index >= 15 is 0 Å². The Labute approximate surface area is 155 Å². The van der Waals surface area contributed by atoms with Gasteiger partial charge in [0.2, 0.25) is 15.9 Å². The summed E-state index contributed by atoms with van der Waals surface area (Å²) in [6.45, 7) is 3.56. The summed E-state index contributed by atoms with van der Waals surface area (Å²) < 4.78 is 31.9. The Morgan fingerprint density at radius 2 is 1.85 bits per heavy atom. The number of methoxy groups -OCH3 is 1. The van der Waals surface area contributed by atoms with Gasteiger partial charge in [0.25, 0.3) is 0 Å². The molecule has 146 valence electrons. The average Bonchev–Trinajstić information content (AvgIpc) is 2.65. The van der Waals surface area contributed by atoms with E-state index in [2.05, 4.69) is 0 Å². The molecule has 1 aromatic rings. The first-order valence-corrected chi connectivity index (χ1v) is 10.3. The summed E-state index contributed by atoms with van der Waals surface area (Å²) in [6, 6.07) is 6.81. The van der Waals surface area contributed by atoms with Crippen molar-refractivity contribution in [2.45, 2.75) is 24.7 Å². The van der Waals surface area contributed by atoms with Crippen LogP contribution >= 0.6 is 0 Å². The van der Waals surface area contributed by atoms with Gasteiger partial charge in [0.05, 0.1) is 18.1 Å². The van der Waals surface area contributed by atoms with E-state index < -0.39 is 10.0 Å². The third kappa shape index (κ3) is 5.03. The van der Waals surface area contributed by atoms with Crippen molar-refractivity contribution in [1.82, 2.24) is 9.21 Å². The van der Waals surface area contributed by atoms with Gasteiger partial charge in [0.15, 0.2) is 0 Å². The van der Waals surface area contributed by atoms with Crippen molar-refractivity contribution in [3.63, 3.8) is 0 Å². The van der Waals surface area contributed by atoms with Gasteiger partial charge in [0.1, 0.15) is 0 Å². The number of ether oxygens (including phenoxy) is 1. The second-order valence-electron chi connectivity index (χ2n) is 6.53. The molecule has 0 spiro atoms. The third-order valence-corrected chi connectivity index (χ3v) is 6.62. The van der Waals surface area contributed by atoms with Crippen LogP contribution in [0.3, 0.4) is 0 Å². The molecule has 0 aliphatic carbocycles. The number of aryl methyl sites for hydroxylation is 1. The van der Waals surface area contributed by atoms with Gasteiger partial charge >= 0.3 is 0 Å². The van der Waals surface area contributed by atoms with Gasteiger partial charge < -0.3 is 14.7 Å². The summed E-state index contributed by atoms with van der Waals surface area (Å²) in [5.74, 6) is -0.258. The number of aliphatic hydroxyl groups is 1. The quantitative estimate of drug-likeness (QED) is 0.718. The molecule has 0 radical (unpaired) electrons. The summed E-state index contributed by atoms with van der Waals surface area (Å²) in [7, 11) is -1.96. The predicted octanol–water partition coefficient (Wildman–Crippen LogP) is 0.863. The van der Waals surface area contributed by atoms with E-state index in [1.807, 2.05) is 6.92 Å². The lowest BCUT2D eigenvalue weighted by Gasteiger charge is -2.33. The van der Waals surface area contributed by atoms with Crippen LogP contribution in [0.2, 0.25) is 0 Å². The molecule has 7 nitrogen and oxygen atoms in total. The fourth-order valence-corrected chi connectivity index (χ4v) is 4.58. The number of sulfonamides is 1. The van der Waals surface area contributed by atoms with E-state index in [-0.39, 0.29) is 29.9 Å². The van der Waals surface area contributed by atoms with Crippen LogP contribution in [-0.2, 0) is 19.6 Å². The van der Waals surface area contributed by atoms with E-state index in [0.717, 1.165) is 5.56 Å². The molecule has 26 heavy (non-hydrogen) atoms. The van der Waals surface area contributed by atoms with Gasteiger partial charge in [-0.15, -0.1) is 0 Å². The first-order valence-electron chi connectivity index (χ1n) is 8.85. The number of hydrogen-bond donors (Lipinski definition) is 1. The highest BCUT2D eigenvalue weighted by molar-refractivity contribution is 7.89. The molecular formula is C18H28N2O5S. The minimum absolute atomic E-state index is 0.0384. The molecule has 1 fully saturated rings. The zero-order valence-corrected chi connectivity index (χ0v) is 16.2. The second-order valence-corrected chi connectivity index (χ2v) is 8.47. The molecule has 1 aliphatic heterocycles. The smallest absolute Gasteiger partial charge is 0.243 e. The minimum Gasteiger partial charge on any atom is -0.395 e. The van der Waals surface area contributed by atoms with Crippen LogP contribution in [0.5, 0.6) is 0 Å². The average molecular weight is 384 g/mol. The van der Waals surface area contributed by atoms with Crippen molar-refractivity contribution in [3.8, 4) is 0 Å². The van der Waals surface area contributed by atoms with E-state index in [1.54, 1.807) is 36.3 Å². The molecule has 0 unspecified atom stereocenters. The van der Waals surface area contributed by atoms with Crippen LogP contribution in [0.1, 0.15) is 18.4 Å². The third-order valence-electron chi connectivity index (χ3n) is 4.71. The maximum Gasteiger partial charge on any atom is 0.243 e. The van der Waals surface area contributed by atoms with Crippen molar-refractivity contribution >= 4 is 15.9 Å². The number of nitrogens with zero attached hydrogens (tertiary/aromatic N) is 2. The second kappa shape index (κ2) is 9.45. The van der Waals surface area contributed by atoms with Crippen LogP contribution < -0.4 is 0 Å². The van der Waals surface area contributed by atoms with Crippen molar-refractivity contribution in [3.05, 3.63) is 29.8 Å². The lowest BCUT2D eigenvalue weighted by Crippen LogP contribution is -2.45. The van der Waals surface area contributed by atoms with Crippen molar-refractivity contribution in [2.24, 2.45) is 5.92 Å². The monoisotopic (exact) mass is 384 g/mol. The molecule has 0 atom stereocenters. The topological polar surface area (TPSA) is 87.2 Å². The van der Waals surface area contributed by atoms with Crippen LogP contribution in [0.25, 0.3) is 0 Å². The number of aliphatic hydroxyl groups excluding tert-OH is 1. The number of piperidine rings is 1. The largest absolute Gasteiger partial charge is 0.395 e. The van der Waals surface area contributed by atoms with Gasteiger partial charge in [-0.1, -0.05) is 17.7 Å². The Morgan fingerprint density at radius 3 is 2.38 bits per heavy atom. The summed E-state index contributed by atoms with van der Waals surface area (Å²) in [4.78, 5) is 14.5. The molecule has 0 saturated carbocycles. The molecule has 2 rings (SSSR count). The van der Waals surface area contributed by atoms with E-state index in [0.29, 0.717) is 39.1 Å². The van der Waals surface area contributed by atoms with Crippen LogP contribution in [0, 0.1) is 12.8 Å². The maximum absolute atomic E-state index is 12.7. The zero-order chi connectivity index (χ0) is 19.2. The first kappa shape index (κ1) is 20.8. The highest BCUT2D eigenvalue weighted by Crippen LogP contribution is 2.25. The number of carbonyl (C=O) groups excluding carboxylic acids is 1. The molecule has 0 aromatic heterocycles. The Kier molecular flexibility index (Phi) is 7.57. The first-order chi connectivity index (χ1) is 12.4. The summed E-state index contributed by atoms with van der Waals surface area (Å²) >= 11 is 0. The Bertz CT molecular complexity index is 682. The molecular weight excluding hydrogens is 356 g/mol. The minimum atomic E-state index is -3.52. The fourth-order valence-electron chi connectivity index (χ4n) is 3.11. The molecule has 0 bridgehead atoms. The Hall–Kier alpha value is -1.48. The van der Waals surface area contributed by atoms with E-state index in [1.165, 1.54) is 4.31 Å². The molecule has 1 saturated heterocycles. The highest BCUT2D eigenvalue weighted by atomic mass is 32.2. The molecule has 1 amide bonds. The van der Waals surface area contributed by atoms with Crippen molar-refractivity contribution < 1.29 is 23.1 Å². The van der Waals surface area contributed by atoms with Crippen LogP contribution in [0.15, 0.2) is 29.2 Å². The predicted molar refractivity (Wildman–Crippen MR) is 98.2 cm³/mol. The summed E-state index contributed by atoms with van der Waals surface area (Å²) in [5, 5.41) is 9.16. The summed E-state index contributed by atoms with van der Waals surface area (Å²) in [5.41, 5.74) is 1.01. The van der Waals surface area contributed by atoms with Gasteiger partial charge in [0, 0.05) is 39.2 Å². The number of carbonyl (C=O) groups is 1. The molecule has 1 aliphatic rings. The fraction of sp³-hybridized carbons (Fsp3) is 0.611. The molecule has 1 N–H and O–H groups in total. The lowest BCUT2D eigenvalue weighted by molar-refractivity contribution is -0.137. The maximum atomic E-state index is 12.7. The zero-order valence-electron chi connectivity index (χ0n) is 15.4. The van der Waals surface area contributed by atoms with Gasteiger partial charge in [-0.05, 0) is 31.9 Å². The number of benzene rings is 1. The van der Waals surface area contributed by atoms with Crippen molar-refractivity contribution in [1.29, 1.82) is 0 Å². The number of amides is 1. The molecule has 1 aromatic carbocycles.